The molecule has 10 nitrogen and oxygen atoms in total. The molecule has 1 aromatic rings. The Bertz CT molecular complexity index is 807. The first-order valence-electron chi connectivity index (χ1n) is 10.7. The van der Waals surface area contributed by atoms with E-state index >= 15 is 0 Å². The monoisotopic (exact) mass is 482 g/mol. The summed E-state index contributed by atoms with van der Waals surface area (Å²) in [5.41, 5.74) is 6.46. The van der Waals surface area contributed by atoms with Crippen LogP contribution in [-0.4, -0.2) is 69.9 Å². The number of carboxylic acid groups (broad SMARTS) is 1. The Kier molecular flexibility index (Phi) is 11.9. The van der Waals surface area contributed by atoms with Crippen LogP contribution in [0.15, 0.2) is 30.3 Å². The highest BCUT2D eigenvalue weighted by atomic mass is 32.1. The molecule has 0 saturated heterocycles. The third kappa shape index (κ3) is 9.03. The number of hydrogen-bond donors (Lipinski definition) is 7. The number of nitrogens with one attached hydrogen (secondary N) is 3. The van der Waals surface area contributed by atoms with Gasteiger partial charge in [-0.3, -0.25) is 14.4 Å². The van der Waals surface area contributed by atoms with E-state index in [4.69, 9.17) is 5.73 Å². The minimum atomic E-state index is -1.24. The molecule has 0 aromatic heterocycles. The average Bonchev–Trinajstić information content (AvgIpc) is 2.79. The first-order valence-corrected chi connectivity index (χ1v) is 11.4. The minimum absolute atomic E-state index is 0.119. The van der Waals surface area contributed by atoms with Gasteiger partial charge >= 0.3 is 5.97 Å². The Hall–Kier alpha value is -2.63. The second kappa shape index (κ2) is 13.8. The highest BCUT2D eigenvalue weighted by molar-refractivity contribution is 7.80. The van der Waals surface area contributed by atoms with Crippen LogP contribution in [0.25, 0.3) is 0 Å². The maximum atomic E-state index is 13.2. The molecule has 0 heterocycles. The van der Waals surface area contributed by atoms with Crippen LogP contribution in [-0.2, 0) is 25.6 Å². The van der Waals surface area contributed by atoms with Gasteiger partial charge in [0, 0.05) is 12.2 Å². The summed E-state index contributed by atoms with van der Waals surface area (Å²) in [5.74, 6) is -3.70. The van der Waals surface area contributed by atoms with Gasteiger partial charge in [-0.15, -0.1) is 0 Å². The van der Waals surface area contributed by atoms with Crippen LogP contribution in [0.3, 0.4) is 0 Å². The van der Waals surface area contributed by atoms with Crippen LogP contribution < -0.4 is 21.7 Å². The van der Waals surface area contributed by atoms with Crippen LogP contribution in [0.5, 0.6) is 0 Å². The number of hydrogen-bond acceptors (Lipinski definition) is 7. The fourth-order valence-corrected chi connectivity index (χ4v) is 3.20. The Morgan fingerprint density at radius 1 is 0.970 bits per heavy atom. The number of benzene rings is 1. The zero-order valence-electron chi connectivity index (χ0n) is 19.0. The molecule has 0 spiro atoms. The first-order chi connectivity index (χ1) is 15.5. The summed E-state index contributed by atoms with van der Waals surface area (Å²) in [4.78, 5) is 49.6. The molecule has 184 valence electrons. The number of rotatable bonds is 13. The highest BCUT2D eigenvalue weighted by Gasteiger charge is 2.33. The van der Waals surface area contributed by atoms with E-state index in [1.807, 2.05) is 13.0 Å². The predicted octanol–water partition coefficient (Wildman–Crippen LogP) is -0.548. The van der Waals surface area contributed by atoms with E-state index in [0.29, 0.717) is 6.42 Å². The van der Waals surface area contributed by atoms with Crippen molar-refractivity contribution in [3.8, 4) is 0 Å². The van der Waals surface area contributed by atoms with E-state index in [-0.39, 0.29) is 18.1 Å². The van der Waals surface area contributed by atoms with Crippen molar-refractivity contribution in [1.82, 2.24) is 16.0 Å². The third-order valence-corrected chi connectivity index (χ3v) is 5.69. The number of carboxylic acids is 1. The number of amides is 3. The normalized spacial score (nSPS) is 16.4. The molecule has 33 heavy (non-hydrogen) atoms. The van der Waals surface area contributed by atoms with Gasteiger partial charge < -0.3 is 31.9 Å². The SMILES string of the molecule is CCC(C)C(NC(=O)C(Cc1ccccc1)NC(=O)C(N)C(C)O)C(=O)NC(CS)C(=O)O. The average molecular weight is 483 g/mol. The lowest BCUT2D eigenvalue weighted by atomic mass is 9.96. The molecular weight excluding hydrogens is 448 g/mol. The molecule has 6 atom stereocenters. The molecule has 3 amide bonds. The molecular formula is C22H34N4O6S. The van der Waals surface area contributed by atoms with Gasteiger partial charge in [0.15, 0.2) is 0 Å². The van der Waals surface area contributed by atoms with Gasteiger partial charge in [0.25, 0.3) is 0 Å². The van der Waals surface area contributed by atoms with E-state index in [0.717, 1.165) is 5.56 Å². The first kappa shape index (κ1) is 28.4. The zero-order valence-corrected chi connectivity index (χ0v) is 19.9. The van der Waals surface area contributed by atoms with Crippen molar-refractivity contribution >= 4 is 36.3 Å². The quantitative estimate of drug-likeness (QED) is 0.185. The maximum absolute atomic E-state index is 13.2. The number of aliphatic carboxylic acids is 1. The van der Waals surface area contributed by atoms with E-state index in [9.17, 15) is 29.4 Å². The number of carbonyl (C=O) groups excluding carboxylic acids is 3. The summed E-state index contributed by atoms with van der Waals surface area (Å²) in [6.45, 7) is 4.94. The molecule has 0 aliphatic carbocycles. The second-order valence-electron chi connectivity index (χ2n) is 7.97. The van der Waals surface area contributed by atoms with Crippen molar-refractivity contribution in [2.75, 3.05) is 5.75 Å². The molecule has 1 rings (SSSR count). The van der Waals surface area contributed by atoms with Gasteiger partial charge in [-0.1, -0.05) is 50.6 Å². The number of nitrogens with two attached hydrogens (primary N) is 1. The summed E-state index contributed by atoms with van der Waals surface area (Å²) in [5, 5.41) is 26.4. The predicted molar refractivity (Wildman–Crippen MR) is 127 cm³/mol. The van der Waals surface area contributed by atoms with Gasteiger partial charge in [-0.2, -0.15) is 12.6 Å². The molecule has 6 unspecified atom stereocenters. The lowest BCUT2D eigenvalue weighted by Gasteiger charge is -2.28. The maximum Gasteiger partial charge on any atom is 0.327 e. The molecule has 0 bridgehead atoms. The standard InChI is InChI=1S/C22H34N4O6S/c1-4-12(2)18(21(30)25-16(11-33)22(31)32)26-19(28)15(10-14-8-6-5-7-9-14)24-20(29)17(23)13(3)27/h5-9,12-13,15-18,27,33H,4,10-11,23H2,1-3H3,(H,24,29)(H,25,30)(H,26,28)(H,31,32). The van der Waals surface area contributed by atoms with E-state index in [2.05, 4.69) is 28.6 Å². The molecule has 7 N–H and O–H groups in total. The van der Waals surface area contributed by atoms with Gasteiger partial charge in [0.05, 0.1) is 6.10 Å². The van der Waals surface area contributed by atoms with Gasteiger partial charge in [0.2, 0.25) is 17.7 Å². The Morgan fingerprint density at radius 2 is 1.55 bits per heavy atom. The Morgan fingerprint density at radius 3 is 2.03 bits per heavy atom. The number of aliphatic hydroxyl groups is 1. The van der Waals surface area contributed by atoms with Crippen molar-refractivity contribution < 1.29 is 29.4 Å². The zero-order chi connectivity index (χ0) is 25.1. The fourth-order valence-electron chi connectivity index (χ4n) is 2.95. The summed E-state index contributed by atoms with van der Waals surface area (Å²) in [6, 6.07) is 4.37. The number of aliphatic hydroxyl groups excluding tert-OH is 1. The van der Waals surface area contributed by atoms with Crippen molar-refractivity contribution in [2.45, 2.75) is 63.9 Å². The van der Waals surface area contributed by atoms with Crippen LogP contribution in [0, 0.1) is 5.92 Å². The van der Waals surface area contributed by atoms with Crippen molar-refractivity contribution in [1.29, 1.82) is 0 Å². The third-order valence-electron chi connectivity index (χ3n) is 5.33. The van der Waals surface area contributed by atoms with Crippen LogP contribution >= 0.6 is 12.6 Å². The fraction of sp³-hybridized carbons (Fsp3) is 0.545. The molecule has 1 aromatic carbocycles. The molecule has 0 aliphatic heterocycles. The second-order valence-corrected chi connectivity index (χ2v) is 8.34. The lowest BCUT2D eigenvalue weighted by Crippen LogP contribution is -2.60. The lowest BCUT2D eigenvalue weighted by molar-refractivity contribution is -0.142. The van der Waals surface area contributed by atoms with Gasteiger partial charge in [0.1, 0.15) is 24.2 Å². The van der Waals surface area contributed by atoms with E-state index in [1.54, 1.807) is 31.2 Å². The van der Waals surface area contributed by atoms with Gasteiger partial charge in [-0.05, 0) is 18.4 Å². The highest BCUT2D eigenvalue weighted by Crippen LogP contribution is 2.11. The Labute approximate surface area is 199 Å². The Balaban J connectivity index is 3.11. The van der Waals surface area contributed by atoms with Gasteiger partial charge in [-0.25, -0.2) is 4.79 Å². The summed E-state index contributed by atoms with van der Waals surface area (Å²) in [7, 11) is 0. The molecule has 0 aliphatic rings. The molecule has 11 heteroatoms. The molecule has 0 radical (unpaired) electrons. The topological polar surface area (TPSA) is 171 Å². The van der Waals surface area contributed by atoms with Crippen molar-refractivity contribution in [3.05, 3.63) is 35.9 Å². The number of thiol groups is 1. The minimum Gasteiger partial charge on any atom is -0.480 e. The molecule has 0 saturated carbocycles. The van der Waals surface area contributed by atoms with E-state index in [1.165, 1.54) is 6.92 Å². The summed E-state index contributed by atoms with van der Waals surface area (Å²) >= 11 is 3.94. The van der Waals surface area contributed by atoms with Crippen molar-refractivity contribution in [3.63, 3.8) is 0 Å². The van der Waals surface area contributed by atoms with Crippen LogP contribution in [0.2, 0.25) is 0 Å². The van der Waals surface area contributed by atoms with E-state index < -0.39 is 54.0 Å². The molecule has 0 fully saturated rings. The van der Waals surface area contributed by atoms with Crippen molar-refractivity contribution in [2.24, 2.45) is 11.7 Å². The smallest absolute Gasteiger partial charge is 0.327 e. The van der Waals surface area contributed by atoms with Crippen LogP contribution in [0.4, 0.5) is 0 Å². The summed E-state index contributed by atoms with van der Waals surface area (Å²) < 4.78 is 0. The van der Waals surface area contributed by atoms with Crippen LogP contribution in [0.1, 0.15) is 32.8 Å². The summed E-state index contributed by atoms with van der Waals surface area (Å²) in [6.07, 6.45) is -0.480. The largest absolute Gasteiger partial charge is 0.480 e. The number of carbonyl (C=O) groups is 4.